The van der Waals surface area contributed by atoms with E-state index < -0.39 is 6.10 Å². The maximum Gasteiger partial charge on any atom is 0.183 e. The minimum Gasteiger partial charge on any atom is -0.493 e. The van der Waals surface area contributed by atoms with Crippen molar-refractivity contribution in [2.45, 2.75) is 26.0 Å². The average Bonchev–Trinajstić information content (AvgIpc) is 2.94. The van der Waals surface area contributed by atoms with Crippen molar-refractivity contribution in [2.75, 3.05) is 7.11 Å². The van der Waals surface area contributed by atoms with Gasteiger partial charge in [0.15, 0.2) is 16.5 Å². The number of ether oxygens (including phenoxy) is 1. The predicted molar refractivity (Wildman–Crippen MR) is 77.2 cm³/mol. The molecular formula is C12H14Br2N2O3. The number of aliphatic hydroxyl groups excluding tert-OH is 1. The van der Waals surface area contributed by atoms with E-state index in [2.05, 4.69) is 37.0 Å². The molecule has 104 valence electrons. The zero-order valence-corrected chi connectivity index (χ0v) is 13.7. The number of hydrogen-bond acceptors (Lipinski definition) is 4. The van der Waals surface area contributed by atoms with Crippen molar-refractivity contribution in [3.63, 3.8) is 0 Å². The second kappa shape index (κ2) is 6.11. The van der Waals surface area contributed by atoms with Crippen LogP contribution in [0.5, 0.6) is 5.75 Å². The number of aliphatic hydroxyl groups is 1. The van der Waals surface area contributed by atoms with Crippen molar-refractivity contribution in [1.82, 2.24) is 9.78 Å². The molecule has 19 heavy (non-hydrogen) atoms. The first-order valence-corrected chi connectivity index (χ1v) is 7.39. The van der Waals surface area contributed by atoms with Crippen molar-refractivity contribution in [3.05, 3.63) is 32.9 Å². The molecule has 1 N–H and O–H groups in total. The Balaban J connectivity index is 2.41. The highest BCUT2D eigenvalue weighted by molar-refractivity contribution is 9.13. The normalized spacial score (nSPS) is 12.7. The van der Waals surface area contributed by atoms with Gasteiger partial charge < -0.3 is 14.3 Å². The van der Waals surface area contributed by atoms with Crippen LogP contribution in [-0.2, 0) is 6.54 Å². The summed E-state index contributed by atoms with van der Waals surface area (Å²) in [5.41, 5.74) is 0.595. The zero-order chi connectivity index (χ0) is 14.0. The molecule has 0 saturated heterocycles. The van der Waals surface area contributed by atoms with Crippen LogP contribution in [0.25, 0.3) is 0 Å². The molecule has 0 bridgehead atoms. The highest BCUT2D eigenvalue weighted by Gasteiger charge is 2.25. The van der Waals surface area contributed by atoms with E-state index in [9.17, 15) is 5.11 Å². The van der Waals surface area contributed by atoms with Gasteiger partial charge in [-0.1, -0.05) is 6.92 Å². The first kappa shape index (κ1) is 14.6. The van der Waals surface area contributed by atoms with E-state index in [0.29, 0.717) is 28.4 Å². The van der Waals surface area contributed by atoms with Gasteiger partial charge in [-0.05, 0) is 44.3 Å². The van der Waals surface area contributed by atoms with Gasteiger partial charge >= 0.3 is 0 Å². The van der Waals surface area contributed by atoms with Crippen LogP contribution in [0.3, 0.4) is 0 Å². The maximum atomic E-state index is 10.5. The van der Waals surface area contributed by atoms with Gasteiger partial charge in [-0.15, -0.1) is 0 Å². The number of furan rings is 1. The van der Waals surface area contributed by atoms with Gasteiger partial charge in [0.05, 0.1) is 17.8 Å². The lowest BCUT2D eigenvalue weighted by Crippen LogP contribution is -2.10. The van der Waals surface area contributed by atoms with Crippen LogP contribution < -0.4 is 4.74 Å². The van der Waals surface area contributed by atoms with Gasteiger partial charge in [-0.3, -0.25) is 4.68 Å². The summed E-state index contributed by atoms with van der Waals surface area (Å²) in [4.78, 5) is 0. The Hall–Kier alpha value is -0.790. The number of rotatable bonds is 5. The van der Waals surface area contributed by atoms with E-state index in [0.717, 1.165) is 10.9 Å². The average molecular weight is 394 g/mol. The number of nitrogens with zero attached hydrogens (tertiary/aromatic N) is 2. The molecule has 0 aliphatic rings. The van der Waals surface area contributed by atoms with Gasteiger partial charge in [-0.2, -0.15) is 5.10 Å². The van der Waals surface area contributed by atoms with Crippen molar-refractivity contribution < 1.29 is 14.3 Å². The Bertz CT molecular complexity index is 546. The van der Waals surface area contributed by atoms with Gasteiger partial charge in [0, 0.05) is 6.54 Å². The van der Waals surface area contributed by atoms with E-state index in [1.807, 2.05) is 6.92 Å². The smallest absolute Gasteiger partial charge is 0.183 e. The molecule has 0 aromatic carbocycles. The summed E-state index contributed by atoms with van der Waals surface area (Å²) in [6.45, 7) is 2.75. The maximum absolute atomic E-state index is 10.5. The second-order valence-electron chi connectivity index (χ2n) is 3.99. The monoisotopic (exact) mass is 392 g/mol. The summed E-state index contributed by atoms with van der Waals surface area (Å²) in [7, 11) is 1.55. The molecule has 0 fully saturated rings. The highest BCUT2D eigenvalue weighted by atomic mass is 79.9. The van der Waals surface area contributed by atoms with Crippen LogP contribution >= 0.6 is 31.9 Å². The molecule has 5 nitrogen and oxygen atoms in total. The Labute approximate surface area is 127 Å². The summed E-state index contributed by atoms with van der Waals surface area (Å²) in [6.07, 6.45) is 1.59. The standard InChI is InChI=1S/C12H14Br2N2O3/c1-3-4-16-10(9(18-2)6-15-16)11(17)8-5-7(13)12(14)19-8/h5-6,11,17H,3-4H2,1-2H3. The summed E-state index contributed by atoms with van der Waals surface area (Å²) in [5, 5.41) is 14.7. The van der Waals surface area contributed by atoms with Crippen LogP contribution in [0.2, 0.25) is 0 Å². The molecule has 2 rings (SSSR count). The third-order valence-electron chi connectivity index (χ3n) is 2.69. The lowest BCUT2D eigenvalue weighted by Gasteiger charge is -2.12. The Kier molecular flexibility index (Phi) is 4.70. The van der Waals surface area contributed by atoms with Crippen LogP contribution in [0.4, 0.5) is 0 Å². The first-order chi connectivity index (χ1) is 9.08. The molecule has 0 aliphatic heterocycles. The Morgan fingerprint density at radius 2 is 2.26 bits per heavy atom. The predicted octanol–water partition coefficient (Wildman–Crippen LogP) is 3.50. The van der Waals surface area contributed by atoms with E-state index in [1.165, 1.54) is 0 Å². The van der Waals surface area contributed by atoms with Gasteiger partial charge in [0.1, 0.15) is 11.5 Å². The number of aromatic nitrogens is 2. The fourth-order valence-electron chi connectivity index (χ4n) is 1.83. The van der Waals surface area contributed by atoms with Crippen LogP contribution in [-0.4, -0.2) is 22.0 Å². The summed E-state index contributed by atoms with van der Waals surface area (Å²) >= 11 is 6.58. The fourth-order valence-corrected chi connectivity index (χ4v) is 2.44. The molecular weight excluding hydrogens is 380 g/mol. The first-order valence-electron chi connectivity index (χ1n) is 5.81. The number of hydrogen-bond donors (Lipinski definition) is 1. The second-order valence-corrected chi connectivity index (χ2v) is 5.57. The molecule has 0 radical (unpaired) electrons. The van der Waals surface area contributed by atoms with E-state index >= 15 is 0 Å². The molecule has 0 saturated carbocycles. The number of aryl methyl sites for hydroxylation is 1. The summed E-state index contributed by atoms with van der Waals surface area (Å²) in [6, 6.07) is 1.72. The van der Waals surface area contributed by atoms with Crippen LogP contribution in [0.1, 0.15) is 30.9 Å². The van der Waals surface area contributed by atoms with E-state index in [-0.39, 0.29) is 0 Å². The summed E-state index contributed by atoms with van der Waals surface area (Å²) in [5.74, 6) is 0.972. The number of halogens is 2. The third-order valence-corrected chi connectivity index (χ3v) is 4.40. The Morgan fingerprint density at radius 3 is 2.79 bits per heavy atom. The zero-order valence-electron chi connectivity index (χ0n) is 10.6. The largest absolute Gasteiger partial charge is 0.493 e. The topological polar surface area (TPSA) is 60.4 Å². The lowest BCUT2D eigenvalue weighted by molar-refractivity contribution is 0.172. The van der Waals surface area contributed by atoms with Crippen molar-refractivity contribution in [3.8, 4) is 5.75 Å². The molecule has 0 aliphatic carbocycles. The lowest BCUT2D eigenvalue weighted by atomic mass is 10.2. The quantitative estimate of drug-likeness (QED) is 0.844. The van der Waals surface area contributed by atoms with Crippen molar-refractivity contribution in [2.24, 2.45) is 0 Å². The SMILES string of the molecule is CCCn1ncc(OC)c1C(O)c1cc(Br)c(Br)o1. The van der Waals surface area contributed by atoms with Crippen LogP contribution in [0.15, 0.2) is 25.8 Å². The van der Waals surface area contributed by atoms with Crippen molar-refractivity contribution in [1.29, 1.82) is 0 Å². The molecule has 0 spiro atoms. The molecule has 1 atom stereocenters. The number of methoxy groups -OCH3 is 1. The molecule has 2 aromatic rings. The van der Waals surface area contributed by atoms with E-state index in [1.54, 1.807) is 24.1 Å². The minimum atomic E-state index is -0.924. The van der Waals surface area contributed by atoms with Crippen molar-refractivity contribution >= 4 is 31.9 Å². The summed E-state index contributed by atoms with van der Waals surface area (Å²) < 4.78 is 13.7. The highest BCUT2D eigenvalue weighted by Crippen LogP contribution is 2.35. The molecule has 2 heterocycles. The van der Waals surface area contributed by atoms with Gasteiger partial charge in [-0.25, -0.2) is 0 Å². The van der Waals surface area contributed by atoms with Gasteiger partial charge in [0.2, 0.25) is 0 Å². The third kappa shape index (κ3) is 2.88. The molecule has 2 aromatic heterocycles. The Morgan fingerprint density at radius 1 is 1.53 bits per heavy atom. The minimum absolute atomic E-state index is 0.426. The van der Waals surface area contributed by atoms with Crippen LogP contribution in [0, 0.1) is 0 Å². The molecule has 7 heteroatoms. The van der Waals surface area contributed by atoms with Gasteiger partial charge in [0.25, 0.3) is 0 Å². The molecule has 0 amide bonds. The molecule has 1 unspecified atom stereocenters. The fraction of sp³-hybridized carbons (Fsp3) is 0.417. The van der Waals surface area contributed by atoms with E-state index in [4.69, 9.17) is 9.15 Å².